The molecule has 0 spiro atoms. The molecule has 4 rings (SSSR count). The summed E-state index contributed by atoms with van der Waals surface area (Å²) in [7, 11) is 0. The van der Waals surface area contributed by atoms with Crippen molar-refractivity contribution in [1.29, 1.82) is 0 Å². The number of benzene rings is 1. The Hall–Kier alpha value is -2.15. The van der Waals surface area contributed by atoms with Gasteiger partial charge in [-0.3, -0.25) is 9.89 Å². The number of aromatic nitrogens is 2. The Morgan fingerprint density at radius 1 is 1.44 bits per heavy atom. The molecule has 25 heavy (non-hydrogen) atoms. The first kappa shape index (κ1) is 16.3. The maximum Gasteiger partial charge on any atom is 0.235 e. The van der Waals surface area contributed by atoms with E-state index in [1.165, 1.54) is 5.56 Å². The number of aromatic amines is 1. The highest BCUT2D eigenvalue weighted by atomic mass is 32.2. The maximum absolute atomic E-state index is 12.0. The van der Waals surface area contributed by atoms with Crippen molar-refractivity contribution in [3.63, 3.8) is 0 Å². The molecule has 2 atom stereocenters. The van der Waals surface area contributed by atoms with Crippen LogP contribution in [0.4, 0.5) is 5.82 Å². The van der Waals surface area contributed by atoms with Crippen molar-refractivity contribution in [3.05, 3.63) is 34.5 Å². The van der Waals surface area contributed by atoms with Crippen LogP contribution in [0.5, 0.6) is 11.5 Å². The van der Waals surface area contributed by atoms with Gasteiger partial charge >= 0.3 is 0 Å². The number of nitrogens with one attached hydrogen (secondary N) is 2. The molecule has 7 heteroatoms. The number of hydrogen-bond donors (Lipinski definition) is 2. The molecular formula is C18H21N3O3S. The fourth-order valence-electron chi connectivity index (χ4n) is 3.45. The van der Waals surface area contributed by atoms with Crippen LogP contribution in [0.3, 0.4) is 0 Å². The third-order valence-electron chi connectivity index (χ3n) is 4.51. The molecule has 2 aromatic rings. The van der Waals surface area contributed by atoms with Gasteiger partial charge in [0, 0.05) is 28.8 Å². The van der Waals surface area contributed by atoms with E-state index in [0.29, 0.717) is 18.2 Å². The summed E-state index contributed by atoms with van der Waals surface area (Å²) >= 11 is 1.59. The van der Waals surface area contributed by atoms with E-state index < -0.39 is 0 Å². The smallest absolute Gasteiger partial charge is 0.235 e. The molecular weight excluding hydrogens is 338 g/mol. The quantitative estimate of drug-likeness (QED) is 0.880. The summed E-state index contributed by atoms with van der Waals surface area (Å²) in [6.07, 6.45) is 1.07. The molecule has 0 bridgehead atoms. The third-order valence-corrected chi connectivity index (χ3v) is 5.76. The van der Waals surface area contributed by atoms with Crippen LogP contribution < -0.4 is 14.8 Å². The minimum absolute atomic E-state index is 0.0377. The number of carbonyl (C=O) groups is 1. The Bertz CT molecular complexity index is 833. The molecule has 1 amide bonds. The van der Waals surface area contributed by atoms with E-state index in [0.717, 1.165) is 34.7 Å². The third kappa shape index (κ3) is 2.86. The zero-order valence-electron chi connectivity index (χ0n) is 14.5. The highest BCUT2D eigenvalue weighted by molar-refractivity contribution is 8.00. The predicted molar refractivity (Wildman–Crippen MR) is 97.7 cm³/mol. The molecule has 1 aromatic heterocycles. The van der Waals surface area contributed by atoms with E-state index in [9.17, 15) is 4.79 Å². The van der Waals surface area contributed by atoms with Crippen LogP contribution in [-0.4, -0.2) is 34.6 Å². The van der Waals surface area contributed by atoms with E-state index in [1.54, 1.807) is 11.8 Å². The van der Waals surface area contributed by atoms with Gasteiger partial charge in [0.1, 0.15) is 17.6 Å². The lowest BCUT2D eigenvalue weighted by atomic mass is 10.00. The summed E-state index contributed by atoms with van der Waals surface area (Å²) in [5, 5.41) is 10.1. The number of rotatable bonds is 3. The number of carbonyl (C=O) groups excluding carboxylic acids is 1. The SMILES string of the molecule is CCOc1cc2c(cc1[C@@H]1SCC(=O)Nc3n[nH]c(C)c31)O[C@@H](C)C2. The molecule has 6 nitrogen and oxygen atoms in total. The Morgan fingerprint density at radius 2 is 2.28 bits per heavy atom. The van der Waals surface area contributed by atoms with Crippen LogP contribution in [0.25, 0.3) is 0 Å². The van der Waals surface area contributed by atoms with Gasteiger partial charge in [0.2, 0.25) is 5.91 Å². The minimum Gasteiger partial charge on any atom is -0.494 e. The summed E-state index contributed by atoms with van der Waals surface area (Å²) in [4.78, 5) is 12.0. The van der Waals surface area contributed by atoms with Crippen LogP contribution in [0.1, 0.15) is 41.5 Å². The van der Waals surface area contributed by atoms with Gasteiger partial charge < -0.3 is 14.8 Å². The zero-order chi connectivity index (χ0) is 17.6. The van der Waals surface area contributed by atoms with E-state index in [-0.39, 0.29) is 17.3 Å². The molecule has 3 heterocycles. The highest BCUT2D eigenvalue weighted by Gasteiger charge is 2.32. The Balaban J connectivity index is 1.85. The fourth-order valence-corrected chi connectivity index (χ4v) is 4.66. The molecule has 0 aliphatic carbocycles. The molecule has 2 aliphatic rings. The van der Waals surface area contributed by atoms with Crippen LogP contribution >= 0.6 is 11.8 Å². The maximum atomic E-state index is 12.0. The van der Waals surface area contributed by atoms with Gasteiger partial charge in [-0.25, -0.2) is 0 Å². The van der Waals surface area contributed by atoms with Crippen LogP contribution in [0.15, 0.2) is 12.1 Å². The summed E-state index contributed by atoms with van der Waals surface area (Å²) in [6.45, 7) is 6.62. The van der Waals surface area contributed by atoms with Crippen molar-refractivity contribution < 1.29 is 14.3 Å². The van der Waals surface area contributed by atoms with Gasteiger partial charge in [0.15, 0.2) is 5.82 Å². The second kappa shape index (κ2) is 6.29. The van der Waals surface area contributed by atoms with Crippen LogP contribution in [0.2, 0.25) is 0 Å². The van der Waals surface area contributed by atoms with Gasteiger partial charge in [0.05, 0.1) is 17.6 Å². The predicted octanol–water partition coefficient (Wildman–Crippen LogP) is 3.21. The van der Waals surface area contributed by atoms with E-state index >= 15 is 0 Å². The lowest BCUT2D eigenvalue weighted by molar-refractivity contribution is -0.113. The number of anilines is 1. The molecule has 0 unspecified atom stereocenters. The fraction of sp³-hybridized carbons (Fsp3) is 0.444. The van der Waals surface area contributed by atoms with Crippen LogP contribution in [0, 0.1) is 6.92 Å². The molecule has 0 fully saturated rings. The summed E-state index contributed by atoms with van der Waals surface area (Å²) in [5.41, 5.74) is 4.16. The lowest BCUT2D eigenvalue weighted by Gasteiger charge is -2.20. The number of H-pyrrole nitrogens is 1. The zero-order valence-corrected chi connectivity index (χ0v) is 15.3. The number of thioether (sulfide) groups is 1. The lowest BCUT2D eigenvalue weighted by Crippen LogP contribution is -2.12. The number of amides is 1. The topological polar surface area (TPSA) is 76.2 Å². The largest absolute Gasteiger partial charge is 0.494 e. The first-order valence-corrected chi connectivity index (χ1v) is 9.54. The summed E-state index contributed by atoms with van der Waals surface area (Å²) in [5.74, 6) is 2.72. The van der Waals surface area contributed by atoms with E-state index in [4.69, 9.17) is 9.47 Å². The molecule has 0 radical (unpaired) electrons. The van der Waals surface area contributed by atoms with Crippen molar-refractivity contribution in [2.45, 2.75) is 38.5 Å². The highest BCUT2D eigenvalue weighted by Crippen LogP contribution is 2.48. The summed E-state index contributed by atoms with van der Waals surface area (Å²) in [6, 6.07) is 4.17. The van der Waals surface area contributed by atoms with Crippen molar-refractivity contribution in [1.82, 2.24) is 10.2 Å². The number of ether oxygens (including phenoxy) is 2. The minimum atomic E-state index is -0.0425. The van der Waals surface area contributed by atoms with Crippen molar-refractivity contribution in [2.75, 3.05) is 17.7 Å². The molecule has 1 aromatic carbocycles. The molecule has 2 N–H and O–H groups in total. The van der Waals surface area contributed by atoms with Gasteiger partial charge in [-0.15, -0.1) is 11.8 Å². The molecule has 132 valence electrons. The molecule has 2 aliphatic heterocycles. The normalized spacial score (nSPS) is 21.8. The number of aryl methyl sites for hydroxylation is 1. The standard InChI is InChI=1S/C18H21N3O3S/c1-4-23-14-6-11-5-9(2)24-13(11)7-12(14)17-16-10(3)20-21-18(16)19-15(22)8-25-17/h6-7,9,17H,4-5,8H2,1-3H3,(H2,19,20,21,22)/t9-,17-/m0/s1. The Labute approximate surface area is 150 Å². The first-order chi connectivity index (χ1) is 12.1. The van der Waals surface area contributed by atoms with Gasteiger partial charge in [-0.1, -0.05) is 0 Å². The van der Waals surface area contributed by atoms with Gasteiger partial charge in [-0.2, -0.15) is 5.10 Å². The Morgan fingerprint density at radius 3 is 3.08 bits per heavy atom. The monoisotopic (exact) mass is 359 g/mol. The number of hydrogen-bond acceptors (Lipinski definition) is 5. The van der Waals surface area contributed by atoms with E-state index in [2.05, 4.69) is 34.6 Å². The van der Waals surface area contributed by atoms with Crippen molar-refractivity contribution in [3.8, 4) is 11.5 Å². The second-order valence-corrected chi connectivity index (χ2v) is 7.51. The average Bonchev–Trinajstić information content (AvgIpc) is 3.05. The number of fused-ring (bicyclic) bond motifs is 2. The van der Waals surface area contributed by atoms with Crippen LogP contribution in [-0.2, 0) is 11.2 Å². The molecule has 0 saturated carbocycles. The summed E-state index contributed by atoms with van der Waals surface area (Å²) < 4.78 is 11.9. The first-order valence-electron chi connectivity index (χ1n) is 8.49. The molecule has 0 saturated heterocycles. The van der Waals surface area contributed by atoms with Crippen molar-refractivity contribution >= 4 is 23.5 Å². The van der Waals surface area contributed by atoms with Gasteiger partial charge in [-0.05, 0) is 32.9 Å². The number of nitrogens with zero attached hydrogens (tertiary/aromatic N) is 1. The van der Waals surface area contributed by atoms with E-state index in [1.807, 2.05) is 13.8 Å². The Kier molecular flexibility index (Phi) is 4.11. The second-order valence-electron chi connectivity index (χ2n) is 6.41. The average molecular weight is 359 g/mol. The van der Waals surface area contributed by atoms with Crippen molar-refractivity contribution in [2.24, 2.45) is 0 Å². The van der Waals surface area contributed by atoms with Gasteiger partial charge in [0.25, 0.3) is 0 Å².